The molecule has 0 fully saturated rings. The molecule has 342 valence electrons. The Morgan fingerprint density at radius 2 is 1.03 bits per heavy atom. The van der Waals surface area contributed by atoms with E-state index < -0.39 is 103 Å². The lowest BCUT2D eigenvalue weighted by Gasteiger charge is -2.25. The summed E-state index contributed by atoms with van der Waals surface area (Å²) in [5.74, 6) is -9.70. The van der Waals surface area contributed by atoms with Gasteiger partial charge in [0, 0.05) is 37.8 Å². The Labute approximate surface area is 361 Å². The third-order valence-electron chi connectivity index (χ3n) is 8.43. The Morgan fingerprint density at radius 1 is 0.603 bits per heavy atom. The maximum Gasteiger partial charge on any atom is 0.306 e. The van der Waals surface area contributed by atoms with Gasteiger partial charge >= 0.3 is 23.9 Å². The van der Waals surface area contributed by atoms with Crippen molar-refractivity contribution in [1.29, 1.82) is 0 Å². The van der Waals surface area contributed by atoms with E-state index >= 15 is 0 Å². The van der Waals surface area contributed by atoms with Crippen LogP contribution in [0.15, 0.2) is 65.8 Å². The molecule has 2 aromatic carbocycles. The molecule has 23 heteroatoms. The quantitative estimate of drug-likeness (QED) is 0.0177. The summed E-state index contributed by atoms with van der Waals surface area (Å²) in [6.45, 7) is 1.29. The first-order valence-corrected chi connectivity index (χ1v) is 19.6. The summed E-state index contributed by atoms with van der Waals surface area (Å²) in [6.07, 6.45) is -3.59. The second-order valence-corrected chi connectivity index (χ2v) is 13.5. The van der Waals surface area contributed by atoms with Crippen LogP contribution in [0.3, 0.4) is 0 Å². The Balaban J connectivity index is 2.19. The number of hydrogen-bond acceptors (Lipinski definition) is 14. The minimum atomic E-state index is -1.95. The number of nitrogens with one attached hydrogen (secondary N) is 5. The fourth-order valence-corrected chi connectivity index (χ4v) is 5.35. The molecule has 0 bridgehead atoms. The van der Waals surface area contributed by atoms with Crippen molar-refractivity contribution in [3.05, 3.63) is 82.2 Å². The molecular formula is C40H52N8O15. The van der Waals surface area contributed by atoms with Gasteiger partial charge in [-0.05, 0) is 29.5 Å². The van der Waals surface area contributed by atoms with Crippen molar-refractivity contribution in [2.24, 2.45) is 5.11 Å². The molecule has 23 nitrogen and oxygen atoms in total. The lowest BCUT2D eigenvalue weighted by atomic mass is 10.1. The number of carbonyl (C=O) groups is 9. The van der Waals surface area contributed by atoms with Crippen molar-refractivity contribution in [2.45, 2.75) is 82.8 Å². The van der Waals surface area contributed by atoms with Gasteiger partial charge in [0.2, 0.25) is 29.5 Å². The van der Waals surface area contributed by atoms with Crippen LogP contribution < -0.4 is 26.6 Å². The van der Waals surface area contributed by atoms with Gasteiger partial charge in [0.25, 0.3) is 0 Å². The molecule has 0 aliphatic carbocycles. The summed E-state index contributed by atoms with van der Waals surface area (Å²) in [5.41, 5.74) is 9.62. The molecular weight excluding hydrogens is 832 g/mol. The number of benzene rings is 2. The van der Waals surface area contributed by atoms with E-state index in [0.29, 0.717) is 11.1 Å². The molecule has 63 heavy (non-hydrogen) atoms. The minimum absolute atomic E-state index is 0.0507. The molecule has 0 aromatic heterocycles. The third kappa shape index (κ3) is 23.5. The van der Waals surface area contributed by atoms with Gasteiger partial charge in [0.15, 0.2) is 0 Å². The van der Waals surface area contributed by atoms with Crippen LogP contribution in [0.25, 0.3) is 10.4 Å². The minimum Gasteiger partial charge on any atom is -0.481 e. The molecule has 0 radical (unpaired) electrons. The van der Waals surface area contributed by atoms with Gasteiger partial charge in [-0.15, -0.1) is 0 Å². The fourth-order valence-electron chi connectivity index (χ4n) is 5.35. The summed E-state index contributed by atoms with van der Waals surface area (Å²) < 4.78 is 21.0. The van der Waals surface area contributed by atoms with Crippen LogP contribution in [-0.2, 0) is 75.3 Å². The second-order valence-electron chi connectivity index (χ2n) is 13.5. The first-order chi connectivity index (χ1) is 30.2. The largest absolute Gasteiger partial charge is 0.481 e. The van der Waals surface area contributed by atoms with Crippen LogP contribution in [0, 0.1) is 0 Å². The zero-order valence-corrected chi connectivity index (χ0v) is 34.5. The first kappa shape index (κ1) is 52.0. The number of rotatable bonds is 31. The summed E-state index contributed by atoms with van der Waals surface area (Å²) in [6, 6.07) is 10.6. The maximum atomic E-state index is 13.8. The molecule has 0 saturated carbocycles. The highest BCUT2D eigenvalue weighted by molar-refractivity contribution is 5.97. The van der Waals surface area contributed by atoms with Gasteiger partial charge < -0.3 is 55.7 Å². The Kier molecular flexibility index (Phi) is 24.8. The van der Waals surface area contributed by atoms with Crippen molar-refractivity contribution < 1.29 is 72.3 Å². The molecule has 4 atom stereocenters. The number of ether oxygens (including phenoxy) is 4. The van der Waals surface area contributed by atoms with Crippen molar-refractivity contribution in [3.8, 4) is 0 Å². The number of nitrogens with zero attached hydrogens (tertiary/aromatic N) is 3. The Morgan fingerprint density at radius 3 is 1.49 bits per heavy atom. The molecule has 0 saturated heterocycles. The lowest BCUT2D eigenvalue weighted by molar-refractivity contribution is -0.147. The monoisotopic (exact) mass is 884 g/mol. The average molecular weight is 885 g/mol. The highest BCUT2D eigenvalue weighted by Crippen LogP contribution is 2.10. The van der Waals surface area contributed by atoms with E-state index in [-0.39, 0.29) is 65.6 Å². The van der Waals surface area contributed by atoms with Crippen molar-refractivity contribution in [2.75, 3.05) is 39.5 Å². The molecule has 2 aromatic rings. The van der Waals surface area contributed by atoms with E-state index in [0.717, 1.165) is 6.92 Å². The van der Waals surface area contributed by atoms with Crippen molar-refractivity contribution >= 4 is 53.4 Å². The zero-order chi connectivity index (χ0) is 46.4. The normalized spacial score (nSPS) is 12.4. The van der Waals surface area contributed by atoms with E-state index in [1.54, 1.807) is 60.7 Å². The second kappa shape index (κ2) is 30.0. The van der Waals surface area contributed by atoms with Crippen molar-refractivity contribution in [3.63, 3.8) is 0 Å². The van der Waals surface area contributed by atoms with E-state index in [1.165, 1.54) is 0 Å². The summed E-state index contributed by atoms with van der Waals surface area (Å²) in [7, 11) is 0. The zero-order valence-electron chi connectivity index (χ0n) is 34.5. The summed E-state index contributed by atoms with van der Waals surface area (Å²) in [5, 5.41) is 33.8. The van der Waals surface area contributed by atoms with Gasteiger partial charge in [-0.25, -0.2) is 0 Å². The smallest absolute Gasteiger partial charge is 0.306 e. The number of carboxylic acid groups (broad SMARTS) is 2. The van der Waals surface area contributed by atoms with Crippen LogP contribution in [-0.4, -0.2) is 127 Å². The topological polar surface area (TPSA) is 340 Å². The number of esters is 2. The highest BCUT2D eigenvalue weighted by atomic mass is 16.5. The van der Waals surface area contributed by atoms with Crippen LogP contribution >= 0.6 is 0 Å². The number of hydrogen-bond donors (Lipinski definition) is 7. The number of azide groups is 1. The van der Waals surface area contributed by atoms with Gasteiger partial charge in [0.05, 0.1) is 39.3 Å². The highest BCUT2D eigenvalue weighted by Gasteiger charge is 2.33. The van der Waals surface area contributed by atoms with Crippen LogP contribution in [0.2, 0.25) is 0 Å². The number of amides is 5. The average Bonchev–Trinajstić information content (AvgIpc) is 3.25. The third-order valence-corrected chi connectivity index (χ3v) is 8.43. The molecule has 0 spiro atoms. The number of carbonyl (C=O) groups excluding carboxylic acids is 7. The molecule has 5 amide bonds. The molecule has 0 aliphatic heterocycles. The molecule has 0 unspecified atom stereocenters. The van der Waals surface area contributed by atoms with Crippen LogP contribution in [0.4, 0.5) is 0 Å². The standard InChI is InChI=1S/C40H52N8O15/c1-26(49)44-29(12-14-35(54)62-24-27-8-4-2-5-9-27)38(57)45-30(13-15-36(55)63-25-28-10-6-3-7-11-28)39(58)47-32(23-34(52)53)40(59)46-31(22-33(50)51)37(56)42-16-18-60-20-21-61-19-17-43-48-41/h2-11,29-32H,12-25H2,1H3,(H,42,56)(H,44,49)(H,45,57)(H,46,59)(H,47,58)(H,50,51)(H,52,53)/t29-,30-,31-,32-/m0/s1. The van der Waals surface area contributed by atoms with Gasteiger partial charge in [0.1, 0.15) is 37.4 Å². The number of carboxylic acids is 2. The summed E-state index contributed by atoms with van der Waals surface area (Å²) >= 11 is 0. The van der Waals surface area contributed by atoms with Gasteiger partial charge in [-0.3, -0.25) is 43.2 Å². The van der Waals surface area contributed by atoms with Gasteiger partial charge in [-0.1, -0.05) is 65.8 Å². The fraction of sp³-hybridized carbons (Fsp3) is 0.475. The molecule has 0 aliphatic rings. The van der Waals surface area contributed by atoms with Gasteiger partial charge in [-0.2, -0.15) is 0 Å². The predicted molar refractivity (Wildman–Crippen MR) is 218 cm³/mol. The number of aliphatic carboxylic acids is 2. The first-order valence-electron chi connectivity index (χ1n) is 19.6. The summed E-state index contributed by atoms with van der Waals surface area (Å²) in [4.78, 5) is 117. The predicted octanol–water partition coefficient (Wildman–Crippen LogP) is 0.402. The van der Waals surface area contributed by atoms with E-state index in [4.69, 9.17) is 24.5 Å². The molecule has 7 N–H and O–H groups in total. The Bertz CT molecular complexity index is 1880. The lowest BCUT2D eigenvalue weighted by Crippen LogP contribution is -2.59. The SMILES string of the molecule is CC(=O)N[C@@H](CCC(=O)OCc1ccccc1)C(=O)N[C@@H](CCC(=O)OCc1ccccc1)C(=O)N[C@@H](CC(=O)O)C(=O)N[C@@H](CC(=O)O)C(=O)NCCOCCOCCN=[N+]=[N-]. The van der Waals surface area contributed by atoms with Crippen molar-refractivity contribution in [1.82, 2.24) is 26.6 Å². The van der Waals surface area contributed by atoms with E-state index in [2.05, 4.69) is 36.6 Å². The molecule has 0 heterocycles. The van der Waals surface area contributed by atoms with Crippen LogP contribution in [0.1, 0.15) is 56.6 Å². The maximum absolute atomic E-state index is 13.8. The van der Waals surface area contributed by atoms with Crippen LogP contribution in [0.5, 0.6) is 0 Å². The van der Waals surface area contributed by atoms with E-state index in [9.17, 15) is 53.4 Å². The Hall–Kier alpha value is -7.10. The molecule has 2 rings (SSSR count). The van der Waals surface area contributed by atoms with E-state index in [1.807, 2.05) is 0 Å².